The number of piperidine rings is 1. The highest BCUT2D eigenvalue weighted by atomic mass is 35.5. The van der Waals surface area contributed by atoms with E-state index in [1.54, 1.807) is 0 Å². The van der Waals surface area contributed by atoms with Gasteiger partial charge in [-0.3, -0.25) is 0 Å². The molecule has 18 heavy (non-hydrogen) atoms. The summed E-state index contributed by atoms with van der Waals surface area (Å²) in [6.07, 6.45) is 5.28. The maximum absolute atomic E-state index is 6.36. The molecule has 2 aliphatic rings. The number of hydrogen-bond donors (Lipinski definition) is 1. The van der Waals surface area contributed by atoms with Gasteiger partial charge in [-0.2, -0.15) is 0 Å². The molecule has 1 aromatic rings. The van der Waals surface area contributed by atoms with E-state index in [1.807, 2.05) is 12.1 Å². The summed E-state index contributed by atoms with van der Waals surface area (Å²) in [5.41, 5.74) is 1.24. The summed E-state index contributed by atoms with van der Waals surface area (Å²) >= 11 is 6.36. The van der Waals surface area contributed by atoms with E-state index in [0.717, 1.165) is 17.5 Å². The molecule has 0 amide bonds. The van der Waals surface area contributed by atoms with Crippen LogP contribution in [-0.2, 0) is 0 Å². The minimum Gasteiger partial charge on any atom is -0.364 e. The smallest absolute Gasteiger partial charge is 0.0639 e. The molecule has 3 rings (SSSR count). The Morgan fingerprint density at radius 3 is 2.50 bits per heavy atom. The molecular weight excluding hydrogens is 244 g/mol. The predicted molar refractivity (Wildman–Crippen MR) is 77.4 cm³/mol. The van der Waals surface area contributed by atoms with Crippen molar-refractivity contribution in [2.45, 2.75) is 37.8 Å². The van der Waals surface area contributed by atoms with Gasteiger partial charge in [-0.25, -0.2) is 0 Å². The van der Waals surface area contributed by atoms with Crippen LogP contribution < -0.4 is 10.2 Å². The molecule has 0 aliphatic carbocycles. The Labute approximate surface area is 114 Å². The van der Waals surface area contributed by atoms with Gasteiger partial charge in [0.2, 0.25) is 0 Å². The first kappa shape index (κ1) is 12.3. The van der Waals surface area contributed by atoms with Crippen molar-refractivity contribution in [2.24, 2.45) is 5.92 Å². The third-order valence-corrected chi connectivity index (χ3v) is 4.77. The van der Waals surface area contributed by atoms with Gasteiger partial charge in [0.05, 0.1) is 10.7 Å². The predicted octanol–water partition coefficient (Wildman–Crippen LogP) is 3.31. The lowest BCUT2D eigenvalue weighted by Crippen LogP contribution is -2.45. The van der Waals surface area contributed by atoms with Gasteiger partial charge in [-0.15, -0.1) is 0 Å². The van der Waals surface area contributed by atoms with Crippen LogP contribution in [0.25, 0.3) is 0 Å². The first-order chi connectivity index (χ1) is 8.79. The first-order valence-corrected chi connectivity index (χ1v) is 7.35. The number of benzene rings is 1. The minimum absolute atomic E-state index is 0.696. The Bertz CT molecular complexity index is 407. The van der Waals surface area contributed by atoms with E-state index in [1.165, 1.54) is 31.4 Å². The summed E-state index contributed by atoms with van der Waals surface area (Å²) in [4.78, 5) is 2.59. The normalized spacial score (nSPS) is 30.8. The van der Waals surface area contributed by atoms with Crippen LogP contribution in [0.4, 0.5) is 5.69 Å². The zero-order valence-corrected chi connectivity index (χ0v) is 11.7. The van der Waals surface area contributed by atoms with Crippen molar-refractivity contribution in [2.75, 3.05) is 18.5 Å². The standard InChI is InChI=1S/C15H21ClN2/c1-17-10-11-8-12-6-7-13(9-11)18(12)15-5-3-2-4-14(15)16/h2-5,11-13,17H,6-10H2,1H3. The van der Waals surface area contributed by atoms with Crippen molar-refractivity contribution in [3.8, 4) is 0 Å². The third-order valence-electron chi connectivity index (χ3n) is 4.45. The Morgan fingerprint density at radius 2 is 1.89 bits per heavy atom. The van der Waals surface area contributed by atoms with Crippen LogP contribution in [0.15, 0.2) is 24.3 Å². The largest absolute Gasteiger partial charge is 0.364 e. The van der Waals surface area contributed by atoms with Crippen LogP contribution in [0.2, 0.25) is 5.02 Å². The molecule has 98 valence electrons. The van der Waals surface area contributed by atoms with Gasteiger partial charge in [-0.1, -0.05) is 23.7 Å². The van der Waals surface area contributed by atoms with Crippen molar-refractivity contribution in [3.63, 3.8) is 0 Å². The third kappa shape index (κ3) is 2.12. The molecule has 2 bridgehead atoms. The maximum atomic E-state index is 6.36. The summed E-state index contributed by atoms with van der Waals surface area (Å²) in [5.74, 6) is 0.839. The van der Waals surface area contributed by atoms with Crippen LogP contribution in [0.3, 0.4) is 0 Å². The molecule has 1 N–H and O–H groups in total. The van der Waals surface area contributed by atoms with Gasteiger partial charge in [0.15, 0.2) is 0 Å². The molecule has 2 unspecified atom stereocenters. The maximum Gasteiger partial charge on any atom is 0.0639 e. The summed E-state index contributed by atoms with van der Waals surface area (Å²) in [5, 5.41) is 4.23. The van der Waals surface area contributed by atoms with Crippen LogP contribution in [-0.4, -0.2) is 25.7 Å². The lowest BCUT2D eigenvalue weighted by Gasteiger charge is -2.41. The van der Waals surface area contributed by atoms with Crippen molar-refractivity contribution in [1.29, 1.82) is 0 Å². The Hall–Kier alpha value is -0.730. The number of rotatable bonds is 3. The fraction of sp³-hybridized carbons (Fsp3) is 0.600. The number of para-hydroxylation sites is 1. The second-order valence-corrected chi connectivity index (χ2v) is 6.05. The fourth-order valence-electron chi connectivity index (χ4n) is 3.80. The monoisotopic (exact) mass is 264 g/mol. The van der Waals surface area contributed by atoms with E-state index in [9.17, 15) is 0 Å². The average Bonchev–Trinajstić information content (AvgIpc) is 2.62. The molecular formula is C15H21ClN2. The molecule has 2 nitrogen and oxygen atoms in total. The van der Waals surface area contributed by atoms with Gasteiger partial charge in [0, 0.05) is 12.1 Å². The molecule has 1 aromatic carbocycles. The van der Waals surface area contributed by atoms with Crippen molar-refractivity contribution in [3.05, 3.63) is 29.3 Å². The van der Waals surface area contributed by atoms with Crippen molar-refractivity contribution in [1.82, 2.24) is 5.32 Å². The van der Waals surface area contributed by atoms with E-state index >= 15 is 0 Å². The van der Waals surface area contributed by atoms with Crippen LogP contribution in [0.5, 0.6) is 0 Å². The topological polar surface area (TPSA) is 15.3 Å². The minimum atomic E-state index is 0.696. The lowest BCUT2D eigenvalue weighted by atomic mass is 9.90. The van der Waals surface area contributed by atoms with Gasteiger partial charge < -0.3 is 10.2 Å². The van der Waals surface area contributed by atoms with Crippen molar-refractivity contribution >= 4 is 17.3 Å². The SMILES string of the molecule is CNCC1CC2CCC(C1)N2c1ccccc1Cl. The van der Waals surface area contributed by atoms with Gasteiger partial charge in [0.25, 0.3) is 0 Å². The van der Waals surface area contributed by atoms with Gasteiger partial charge in [-0.05, 0) is 57.3 Å². The summed E-state index contributed by atoms with van der Waals surface area (Å²) < 4.78 is 0. The van der Waals surface area contributed by atoms with E-state index in [2.05, 4.69) is 29.4 Å². The number of halogens is 1. The number of hydrogen-bond acceptors (Lipinski definition) is 2. The highest BCUT2D eigenvalue weighted by molar-refractivity contribution is 6.33. The van der Waals surface area contributed by atoms with E-state index in [-0.39, 0.29) is 0 Å². The molecule has 2 fully saturated rings. The van der Waals surface area contributed by atoms with Crippen LogP contribution in [0.1, 0.15) is 25.7 Å². The Kier molecular flexibility index (Phi) is 3.49. The zero-order valence-electron chi connectivity index (χ0n) is 10.9. The summed E-state index contributed by atoms with van der Waals surface area (Å²) in [6.45, 7) is 1.16. The number of nitrogens with zero attached hydrogens (tertiary/aromatic N) is 1. The second kappa shape index (κ2) is 5.10. The highest BCUT2D eigenvalue weighted by Crippen LogP contribution is 2.43. The van der Waals surface area contributed by atoms with E-state index in [0.29, 0.717) is 12.1 Å². The number of fused-ring (bicyclic) bond motifs is 2. The zero-order chi connectivity index (χ0) is 12.5. The highest BCUT2D eigenvalue weighted by Gasteiger charge is 2.40. The Balaban J connectivity index is 1.82. The molecule has 2 heterocycles. The van der Waals surface area contributed by atoms with Gasteiger partial charge in [0.1, 0.15) is 0 Å². The summed E-state index contributed by atoms with van der Waals surface area (Å²) in [7, 11) is 2.06. The summed E-state index contributed by atoms with van der Waals surface area (Å²) in [6, 6.07) is 9.69. The lowest BCUT2D eigenvalue weighted by molar-refractivity contribution is 0.333. The molecule has 0 aromatic heterocycles. The number of anilines is 1. The average molecular weight is 265 g/mol. The molecule has 0 radical (unpaired) electrons. The number of nitrogens with one attached hydrogen (secondary N) is 1. The Morgan fingerprint density at radius 1 is 1.22 bits per heavy atom. The van der Waals surface area contributed by atoms with Gasteiger partial charge >= 0.3 is 0 Å². The molecule has 2 aliphatic heterocycles. The molecule has 0 spiro atoms. The molecule has 2 saturated heterocycles. The molecule has 3 heteroatoms. The van der Waals surface area contributed by atoms with E-state index in [4.69, 9.17) is 11.6 Å². The quantitative estimate of drug-likeness (QED) is 0.901. The van der Waals surface area contributed by atoms with Crippen molar-refractivity contribution < 1.29 is 0 Å². The van der Waals surface area contributed by atoms with Crippen LogP contribution >= 0.6 is 11.6 Å². The molecule has 2 atom stereocenters. The van der Waals surface area contributed by atoms with E-state index < -0.39 is 0 Å². The fourth-order valence-corrected chi connectivity index (χ4v) is 4.03. The molecule has 0 saturated carbocycles. The second-order valence-electron chi connectivity index (χ2n) is 5.64. The van der Waals surface area contributed by atoms with Crippen LogP contribution in [0, 0.1) is 5.92 Å². The first-order valence-electron chi connectivity index (χ1n) is 6.97.